The van der Waals surface area contributed by atoms with Crippen molar-refractivity contribution in [3.05, 3.63) is 53.6 Å². The lowest BCUT2D eigenvalue weighted by molar-refractivity contribution is -0.332. The number of anilines is 1. The van der Waals surface area contributed by atoms with E-state index in [9.17, 15) is 22.9 Å². The van der Waals surface area contributed by atoms with Crippen molar-refractivity contribution in [3.63, 3.8) is 0 Å². The molecule has 4 atom stereocenters. The minimum Gasteiger partial charge on any atom is -0.465 e. The van der Waals surface area contributed by atoms with Crippen LogP contribution in [0.4, 0.5) is 5.69 Å². The van der Waals surface area contributed by atoms with Gasteiger partial charge in [-0.05, 0) is 31.2 Å². The highest BCUT2D eigenvalue weighted by molar-refractivity contribution is 7.86. The summed E-state index contributed by atoms with van der Waals surface area (Å²) in [6.07, 6.45) is 0. The molecule has 11 nitrogen and oxygen atoms in total. The normalized spacial score (nSPS) is 30.1. The van der Waals surface area contributed by atoms with E-state index in [-0.39, 0.29) is 28.3 Å². The summed E-state index contributed by atoms with van der Waals surface area (Å²) in [4.78, 5) is 13.3. The minimum atomic E-state index is -4.94. The molecule has 2 aromatic carbocycles. The molecule has 2 N–H and O–H groups in total. The number of aliphatic hydroxyl groups is 1. The third kappa shape index (κ3) is 3.10. The van der Waals surface area contributed by atoms with Crippen LogP contribution in [-0.2, 0) is 30.1 Å². The quantitative estimate of drug-likeness (QED) is 0.464. The number of fused-ring (bicyclic) bond motifs is 2. The monoisotopic (exact) mass is 495 g/mol. The van der Waals surface area contributed by atoms with Crippen molar-refractivity contribution in [1.82, 2.24) is 0 Å². The van der Waals surface area contributed by atoms with Gasteiger partial charge in [0.1, 0.15) is 11.5 Å². The van der Waals surface area contributed by atoms with Crippen molar-refractivity contribution in [1.29, 1.82) is 0 Å². The first-order valence-corrected chi connectivity index (χ1v) is 11.6. The third-order valence-corrected chi connectivity index (χ3v) is 7.27. The molecule has 0 spiro atoms. The van der Waals surface area contributed by atoms with Gasteiger partial charge in [-0.2, -0.15) is 8.42 Å². The van der Waals surface area contributed by atoms with Crippen LogP contribution in [0.5, 0.6) is 11.5 Å². The molecule has 2 aliphatic heterocycles. The maximum Gasteiger partial charge on any atom is 0.337 e. The Morgan fingerprint density at radius 1 is 1.06 bits per heavy atom. The van der Waals surface area contributed by atoms with Gasteiger partial charge in [0.15, 0.2) is 5.60 Å². The van der Waals surface area contributed by atoms with Crippen LogP contribution in [0.25, 0.3) is 0 Å². The van der Waals surface area contributed by atoms with E-state index < -0.39 is 38.8 Å². The second kappa shape index (κ2) is 7.82. The molecule has 0 saturated heterocycles. The Kier molecular flexibility index (Phi) is 5.57. The van der Waals surface area contributed by atoms with Gasteiger partial charge in [-0.15, -0.1) is 0 Å². The Bertz CT molecular complexity index is 1250. The molecular weight excluding hydrogens is 470 g/mol. The van der Waals surface area contributed by atoms with Gasteiger partial charge in [-0.1, -0.05) is 18.2 Å². The zero-order chi connectivity index (χ0) is 25.1. The molecule has 0 amide bonds. The fourth-order valence-electron chi connectivity index (χ4n) is 4.56. The summed E-state index contributed by atoms with van der Waals surface area (Å²) in [5.74, 6) is -2.20. The van der Waals surface area contributed by atoms with Crippen LogP contribution in [-0.4, -0.2) is 62.3 Å². The number of para-hydroxylation sites is 1. The predicted molar refractivity (Wildman–Crippen MR) is 118 cm³/mol. The molecule has 34 heavy (non-hydrogen) atoms. The number of hydrogen-bond donors (Lipinski definition) is 2. The minimum absolute atomic E-state index is 0.0191. The average molecular weight is 496 g/mol. The van der Waals surface area contributed by atoms with Gasteiger partial charge in [0.05, 0.1) is 18.4 Å². The Morgan fingerprint density at radius 2 is 1.74 bits per heavy atom. The Labute approximate surface area is 196 Å². The van der Waals surface area contributed by atoms with Crippen molar-refractivity contribution in [2.24, 2.45) is 0 Å². The van der Waals surface area contributed by atoms with Crippen LogP contribution in [0, 0.1) is 0 Å². The molecule has 0 bridgehead atoms. The first-order valence-electron chi connectivity index (χ1n) is 10.1. The summed E-state index contributed by atoms with van der Waals surface area (Å²) in [6, 6.07) is 10.6. The summed E-state index contributed by atoms with van der Waals surface area (Å²) >= 11 is 0. The second-order valence-electron chi connectivity index (χ2n) is 8.15. The van der Waals surface area contributed by atoms with Gasteiger partial charge in [-0.3, -0.25) is 9.45 Å². The molecule has 2 heterocycles. The van der Waals surface area contributed by atoms with E-state index in [2.05, 4.69) is 0 Å². The van der Waals surface area contributed by atoms with Crippen molar-refractivity contribution >= 4 is 21.8 Å². The standard InChI is InChI=1S/C22H25NO10S/c1-20(25)21(2,30-4)33-16-9-7-6-8-14(16)22(20,31-5)23-15-12-13(18(24)29-3)10-11-17(15)32-19(23)34(26,27)28/h6-12,19,25H,1-5H3,(H,26,27,28). The van der Waals surface area contributed by atoms with Crippen LogP contribution in [0.2, 0.25) is 0 Å². The first kappa shape index (κ1) is 24.2. The van der Waals surface area contributed by atoms with Crippen molar-refractivity contribution in [3.8, 4) is 11.5 Å². The first-order chi connectivity index (χ1) is 15.9. The number of hydrogen-bond acceptors (Lipinski definition) is 10. The Morgan fingerprint density at radius 3 is 2.32 bits per heavy atom. The highest BCUT2D eigenvalue weighted by atomic mass is 32.2. The summed E-state index contributed by atoms with van der Waals surface area (Å²) in [6.45, 7) is 2.81. The number of esters is 1. The van der Waals surface area contributed by atoms with Gasteiger partial charge in [-0.25, -0.2) is 4.79 Å². The van der Waals surface area contributed by atoms with E-state index in [0.717, 1.165) is 4.90 Å². The molecule has 0 radical (unpaired) electrons. The number of rotatable bonds is 5. The van der Waals surface area contributed by atoms with Crippen LogP contribution >= 0.6 is 0 Å². The van der Waals surface area contributed by atoms with Gasteiger partial charge in [0.25, 0.3) is 0 Å². The lowest BCUT2D eigenvalue weighted by Crippen LogP contribution is -2.76. The van der Waals surface area contributed by atoms with Crippen molar-refractivity contribution in [2.45, 2.75) is 36.5 Å². The largest absolute Gasteiger partial charge is 0.465 e. The van der Waals surface area contributed by atoms with E-state index in [1.165, 1.54) is 53.4 Å². The number of methoxy groups -OCH3 is 3. The zero-order valence-corrected chi connectivity index (χ0v) is 20.0. The van der Waals surface area contributed by atoms with Crippen molar-refractivity contribution < 1.29 is 46.6 Å². The molecule has 12 heteroatoms. The fraction of sp³-hybridized carbons (Fsp3) is 0.409. The van der Waals surface area contributed by atoms with Crippen LogP contribution < -0.4 is 14.4 Å². The number of carbonyl (C=O) groups excluding carboxylic acids is 1. The molecule has 4 unspecified atom stereocenters. The number of carbonyl (C=O) groups is 1. The van der Waals surface area contributed by atoms with Crippen LogP contribution in [0.1, 0.15) is 29.8 Å². The van der Waals surface area contributed by atoms with E-state index in [1.807, 2.05) is 0 Å². The number of ether oxygens (including phenoxy) is 5. The van der Waals surface area contributed by atoms with E-state index >= 15 is 0 Å². The molecule has 2 aliphatic rings. The number of benzene rings is 2. The maximum atomic E-state index is 12.5. The molecule has 0 aliphatic carbocycles. The summed E-state index contributed by atoms with van der Waals surface area (Å²) < 4.78 is 63.1. The molecule has 184 valence electrons. The Balaban J connectivity index is 2.11. The molecule has 4 rings (SSSR count). The predicted octanol–water partition coefficient (Wildman–Crippen LogP) is 1.85. The smallest absolute Gasteiger partial charge is 0.337 e. The van der Waals surface area contributed by atoms with Gasteiger partial charge in [0.2, 0.25) is 11.5 Å². The average Bonchev–Trinajstić information content (AvgIpc) is 3.19. The van der Waals surface area contributed by atoms with Gasteiger partial charge >= 0.3 is 21.6 Å². The third-order valence-electron chi connectivity index (χ3n) is 6.46. The summed E-state index contributed by atoms with van der Waals surface area (Å²) in [5.41, 5.74) is -5.89. The highest BCUT2D eigenvalue weighted by Crippen LogP contribution is 2.58. The summed E-state index contributed by atoms with van der Waals surface area (Å²) in [5, 5.41) is 12.0. The van der Waals surface area contributed by atoms with Crippen LogP contribution in [0.3, 0.4) is 0 Å². The lowest BCUT2D eigenvalue weighted by Gasteiger charge is -2.58. The fourth-order valence-corrected chi connectivity index (χ4v) is 5.32. The van der Waals surface area contributed by atoms with E-state index in [0.29, 0.717) is 0 Å². The second-order valence-corrected chi connectivity index (χ2v) is 9.59. The molecular formula is C22H25NO10S. The van der Waals surface area contributed by atoms with E-state index in [1.54, 1.807) is 24.3 Å². The SMILES string of the molecule is COC(=O)c1ccc2c(c1)N(C1(OC)c3ccccc3OC(C)(OC)C1(C)O)C(S(=O)(=O)O)O2. The topological polar surface area (TPSA) is 141 Å². The molecule has 0 saturated carbocycles. The van der Waals surface area contributed by atoms with Crippen molar-refractivity contribution in [2.75, 3.05) is 26.2 Å². The molecule has 2 aromatic rings. The lowest BCUT2D eigenvalue weighted by atomic mass is 9.75. The molecule has 0 aromatic heterocycles. The maximum absolute atomic E-state index is 12.5. The number of nitrogens with zero attached hydrogens (tertiary/aromatic N) is 1. The van der Waals surface area contributed by atoms with Gasteiger partial charge in [0, 0.05) is 26.7 Å². The summed E-state index contributed by atoms with van der Waals surface area (Å²) in [7, 11) is -1.17. The van der Waals surface area contributed by atoms with E-state index in [4.69, 9.17) is 23.7 Å². The molecule has 0 fully saturated rings. The van der Waals surface area contributed by atoms with Gasteiger partial charge < -0.3 is 28.8 Å². The highest BCUT2D eigenvalue weighted by Gasteiger charge is 2.71. The zero-order valence-electron chi connectivity index (χ0n) is 19.1. The Hall–Kier alpha value is -2.90. The van der Waals surface area contributed by atoms with Crippen LogP contribution in [0.15, 0.2) is 42.5 Å².